The number of ether oxygens (including phenoxy) is 2. The largest absolute Gasteiger partial charge is 0.507 e. The minimum atomic E-state index is -0.614. The lowest BCUT2D eigenvalue weighted by Crippen LogP contribution is -2.26. The summed E-state index contributed by atoms with van der Waals surface area (Å²) in [6, 6.07) is 6.73. The van der Waals surface area contributed by atoms with E-state index < -0.39 is 5.60 Å². The Morgan fingerprint density at radius 1 is 1.42 bits per heavy atom. The van der Waals surface area contributed by atoms with E-state index in [9.17, 15) is 9.90 Å². The van der Waals surface area contributed by atoms with E-state index in [2.05, 4.69) is 6.58 Å². The van der Waals surface area contributed by atoms with Crippen LogP contribution in [0.25, 0.3) is 21.9 Å². The number of methoxy groups -OCH3 is 1. The molecule has 5 nitrogen and oxygen atoms in total. The van der Waals surface area contributed by atoms with Crippen LogP contribution in [-0.2, 0) is 6.42 Å². The van der Waals surface area contributed by atoms with Crippen LogP contribution in [0, 0.1) is 0 Å². The van der Waals surface area contributed by atoms with Crippen molar-refractivity contribution in [2.45, 2.75) is 18.9 Å². The topological polar surface area (TPSA) is 68.9 Å². The number of para-hydroxylation sites is 1. The normalized spacial score (nSPS) is 19.2. The van der Waals surface area contributed by atoms with Gasteiger partial charge >= 0.3 is 0 Å². The lowest BCUT2D eigenvalue weighted by Gasteiger charge is -2.18. The fourth-order valence-electron chi connectivity index (χ4n) is 3.18. The molecule has 0 fully saturated rings. The number of hydrogen-bond acceptors (Lipinski definition) is 5. The van der Waals surface area contributed by atoms with Crippen molar-refractivity contribution in [1.82, 2.24) is 0 Å². The van der Waals surface area contributed by atoms with Gasteiger partial charge in [-0.05, 0) is 25.1 Å². The van der Waals surface area contributed by atoms with Crippen molar-refractivity contribution in [3.8, 4) is 17.2 Å². The van der Waals surface area contributed by atoms with Crippen LogP contribution in [-0.4, -0.2) is 17.8 Å². The van der Waals surface area contributed by atoms with Gasteiger partial charge in [0.15, 0.2) is 11.3 Å². The number of benzene rings is 2. The smallest absolute Gasteiger partial charge is 0.204 e. The zero-order valence-electron chi connectivity index (χ0n) is 13.4. The lowest BCUT2D eigenvalue weighted by molar-refractivity contribution is 0.171. The van der Waals surface area contributed by atoms with Crippen LogP contribution >= 0.6 is 0 Å². The third-order valence-corrected chi connectivity index (χ3v) is 4.51. The van der Waals surface area contributed by atoms with Gasteiger partial charge in [-0.15, -0.1) is 0 Å². The molecule has 0 saturated carbocycles. The summed E-state index contributed by atoms with van der Waals surface area (Å²) < 4.78 is 17.0. The summed E-state index contributed by atoms with van der Waals surface area (Å²) in [6.45, 7) is 5.65. The van der Waals surface area contributed by atoms with Crippen LogP contribution in [0.4, 0.5) is 0 Å². The predicted octanol–water partition coefficient (Wildman–Crippen LogP) is 3.54. The maximum Gasteiger partial charge on any atom is 0.204 e. The van der Waals surface area contributed by atoms with E-state index in [1.165, 1.54) is 7.11 Å². The molecule has 5 heteroatoms. The van der Waals surface area contributed by atoms with Gasteiger partial charge in [0.25, 0.3) is 0 Å². The molecule has 0 saturated heterocycles. The highest BCUT2D eigenvalue weighted by molar-refractivity contribution is 5.96. The molecule has 0 amide bonds. The molecule has 2 heterocycles. The molecular formula is C19H16O5. The number of aromatic hydroxyl groups is 1. The second kappa shape index (κ2) is 4.77. The molecule has 1 unspecified atom stereocenters. The summed E-state index contributed by atoms with van der Waals surface area (Å²) in [4.78, 5) is 12.9. The standard InChI is InChI=1S/C19H16O5/c1-4-19(2)9-11-13(24-19)8-14-15(17(11)21)16(20)10-6-5-7-12(22-3)18(10)23-14/h4-8,21H,1,9H2,2-3H3. The van der Waals surface area contributed by atoms with E-state index in [-0.39, 0.29) is 22.1 Å². The number of rotatable bonds is 2. The maximum absolute atomic E-state index is 12.9. The number of phenolic OH excluding ortho intramolecular Hbond substituents is 1. The van der Waals surface area contributed by atoms with E-state index in [4.69, 9.17) is 13.9 Å². The molecule has 0 bridgehead atoms. The zero-order chi connectivity index (χ0) is 17.1. The summed E-state index contributed by atoms with van der Waals surface area (Å²) in [5.41, 5.74) is 0.303. The SMILES string of the molecule is C=CC1(C)Cc2c(cc3oc4c(OC)cccc4c(=O)c3c2O)O1. The van der Waals surface area contributed by atoms with Gasteiger partial charge in [0.1, 0.15) is 28.1 Å². The molecule has 122 valence electrons. The first-order chi connectivity index (χ1) is 11.5. The Hall–Kier alpha value is -2.95. The van der Waals surface area contributed by atoms with Crippen molar-refractivity contribution in [1.29, 1.82) is 0 Å². The Labute approximate surface area is 137 Å². The average molecular weight is 324 g/mol. The fourth-order valence-corrected chi connectivity index (χ4v) is 3.18. The Balaban J connectivity index is 2.12. The van der Waals surface area contributed by atoms with Gasteiger partial charge in [-0.3, -0.25) is 4.79 Å². The van der Waals surface area contributed by atoms with Gasteiger partial charge < -0.3 is 19.0 Å². The van der Waals surface area contributed by atoms with Crippen molar-refractivity contribution in [2.75, 3.05) is 7.11 Å². The van der Waals surface area contributed by atoms with Crippen molar-refractivity contribution < 1.29 is 19.0 Å². The van der Waals surface area contributed by atoms with Gasteiger partial charge in [-0.2, -0.15) is 0 Å². The van der Waals surface area contributed by atoms with Crippen molar-refractivity contribution >= 4 is 21.9 Å². The second-order valence-electron chi connectivity index (χ2n) is 6.14. The Morgan fingerprint density at radius 2 is 2.21 bits per heavy atom. The predicted molar refractivity (Wildman–Crippen MR) is 91.1 cm³/mol. The molecule has 1 aromatic heterocycles. The van der Waals surface area contributed by atoms with E-state index in [0.29, 0.717) is 34.5 Å². The molecule has 0 spiro atoms. The average Bonchev–Trinajstić information content (AvgIpc) is 2.92. The van der Waals surface area contributed by atoms with E-state index >= 15 is 0 Å². The quantitative estimate of drug-likeness (QED) is 0.577. The van der Waals surface area contributed by atoms with Crippen molar-refractivity contribution in [3.05, 3.63) is 52.7 Å². The minimum Gasteiger partial charge on any atom is -0.507 e. The minimum absolute atomic E-state index is 0.0912. The Kier molecular flexibility index (Phi) is 2.91. The first kappa shape index (κ1) is 14.6. The molecule has 2 aromatic carbocycles. The monoisotopic (exact) mass is 324 g/mol. The van der Waals surface area contributed by atoms with Crippen LogP contribution < -0.4 is 14.9 Å². The van der Waals surface area contributed by atoms with Crippen molar-refractivity contribution in [2.24, 2.45) is 0 Å². The van der Waals surface area contributed by atoms with Gasteiger partial charge in [0.05, 0.1) is 12.5 Å². The highest BCUT2D eigenvalue weighted by Gasteiger charge is 2.35. The third-order valence-electron chi connectivity index (χ3n) is 4.51. The summed E-state index contributed by atoms with van der Waals surface area (Å²) >= 11 is 0. The summed E-state index contributed by atoms with van der Waals surface area (Å²) in [7, 11) is 1.51. The van der Waals surface area contributed by atoms with Gasteiger partial charge in [0, 0.05) is 18.1 Å². The molecule has 1 aliphatic rings. The summed E-state index contributed by atoms with van der Waals surface area (Å²) in [5.74, 6) is 0.870. The van der Waals surface area contributed by atoms with E-state index in [1.807, 2.05) is 6.92 Å². The van der Waals surface area contributed by atoms with Crippen LogP contribution in [0.15, 0.2) is 46.1 Å². The molecule has 0 aliphatic carbocycles. The Bertz CT molecular complexity index is 1060. The summed E-state index contributed by atoms with van der Waals surface area (Å²) in [6.07, 6.45) is 2.13. The van der Waals surface area contributed by atoms with E-state index in [0.717, 1.165) is 0 Å². The Morgan fingerprint density at radius 3 is 2.92 bits per heavy atom. The number of fused-ring (bicyclic) bond motifs is 3. The lowest BCUT2D eigenvalue weighted by atomic mass is 9.97. The van der Waals surface area contributed by atoms with Crippen LogP contribution in [0.5, 0.6) is 17.2 Å². The fraction of sp³-hybridized carbons (Fsp3) is 0.211. The van der Waals surface area contributed by atoms with Crippen LogP contribution in [0.2, 0.25) is 0 Å². The second-order valence-corrected chi connectivity index (χ2v) is 6.14. The molecule has 0 radical (unpaired) electrons. The summed E-state index contributed by atoms with van der Waals surface area (Å²) in [5, 5.41) is 11.2. The molecular weight excluding hydrogens is 308 g/mol. The first-order valence-electron chi connectivity index (χ1n) is 7.58. The zero-order valence-corrected chi connectivity index (χ0v) is 13.4. The molecule has 3 aromatic rings. The molecule has 1 aliphatic heterocycles. The maximum atomic E-state index is 12.9. The number of phenols is 1. The molecule has 1 N–H and O–H groups in total. The van der Waals surface area contributed by atoms with Gasteiger partial charge in [0.2, 0.25) is 5.43 Å². The van der Waals surface area contributed by atoms with Crippen molar-refractivity contribution in [3.63, 3.8) is 0 Å². The molecule has 24 heavy (non-hydrogen) atoms. The molecule has 1 atom stereocenters. The number of hydrogen-bond donors (Lipinski definition) is 1. The van der Waals surface area contributed by atoms with E-state index in [1.54, 1.807) is 30.3 Å². The molecule has 4 rings (SSSR count). The van der Waals surface area contributed by atoms with Gasteiger partial charge in [-0.1, -0.05) is 12.6 Å². The van der Waals surface area contributed by atoms with Gasteiger partial charge in [-0.25, -0.2) is 0 Å². The highest BCUT2D eigenvalue weighted by Crippen LogP contribution is 2.44. The third kappa shape index (κ3) is 1.84. The van der Waals surface area contributed by atoms with Crippen LogP contribution in [0.1, 0.15) is 12.5 Å². The first-order valence-corrected chi connectivity index (χ1v) is 7.58. The highest BCUT2D eigenvalue weighted by atomic mass is 16.5. The van der Waals surface area contributed by atoms with Crippen LogP contribution in [0.3, 0.4) is 0 Å².